The Hall–Kier alpha value is -0.800. The van der Waals surface area contributed by atoms with Crippen molar-refractivity contribution in [2.75, 3.05) is 0 Å². The average Bonchev–Trinajstić information content (AvgIpc) is 2.49. The summed E-state index contributed by atoms with van der Waals surface area (Å²) in [4.78, 5) is 0. The number of aryl methyl sites for hydroxylation is 1. The van der Waals surface area contributed by atoms with Crippen molar-refractivity contribution in [3.63, 3.8) is 0 Å². The number of fused-ring (bicyclic) bond motifs is 1. The van der Waals surface area contributed by atoms with Gasteiger partial charge in [0.25, 0.3) is 0 Å². The summed E-state index contributed by atoms with van der Waals surface area (Å²) in [5.74, 6) is 0. The van der Waals surface area contributed by atoms with Gasteiger partial charge in [0.05, 0.1) is 11.2 Å². The van der Waals surface area contributed by atoms with Gasteiger partial charge in [0.1, 0.15) is 0 Å². The molecule has 0 atom stereocenters. The van der Waals surface area contributed by atoms with E-state index in [1.807, 2.05) is 13.8 Å². The van der Waals surface area contributed by atoms with Gasteiger partial charge in [-0.2, -0.15) is 0 Å². The highest BCUT2D eigenvalue weighted by molar-refractivity contribution is 9.10. The van der Waals surface area contributed by atoms with Gasteiger partial charge in [0.15, 0.2) is 0 Å². The first-order chi connectivity index (χ1) is 8.53. The summed E-state index contributed by atoms with van der Waals surface area (Å²) in [6, 6.07) is 6.67. The SMILES string of the molecule is Cn1c(C(C)(C)N)c(Br)c2cc(C(C)(C)C)ccc21. The molecule has 0 bridgehead atoms. The first-order valence-corrected chi connectivity index (χ1v) is 7.40. The van der Waals surface area contributed by atoms with Gasteiger partial charge < -0.3 is 10.3 Å². The Morgan fingerprint density at radius 3 is 2.16 bits per heavy atom. The molecule has 1 aromatic carbocycles. The number of hydrogen-bond acceptors (Lipinski definition) is 1. The fourth-order valence-electron chi connectivity index (χ4n) is 2.58. The number of nitrogens with two attached hydrogens (primary N) is 1. The summed E-state index contributed by atoms with van der Waals surface area (Å²) in [5.41, 5.74) is 9.77. The molecule has 0 amide bonds. The van der Waals surface area contributed by atoms with Crippen molar-refractivity contribution in [1.82, 2.24) is 4.57 Å². The molecule has 1 heterocycles. The lowest BCUT2D eigenvalue weighted by molar-refractivity contribution is 0.513. The maximum atomic E-state index is 6.30. The minimum Gasteiger partial charge on any atom is -0.345 e. The molecule has 2 N–H and O–H groups in total. The normalized spacial score (nSPS) is 13.3. The fraction of sp³-hybridized carbons (Fsp3) is 0.500. The second-order valence-corrected chi connectivity index (χ2v) is 7.72. The van der Waals surface area contributed by atoms with Gasteiger partial charge in [-0.25, -0.2) is 0 Å². The van der Waals surface area contributed by atoms with Gasteiger partial charge in [0, 0.05) is 22.4 Å². The Morgan fingerprint density at radius 1 is 1.11 bits per heavy atom. The third-order valence-electron chi connectivity index (χ3n) is 3.61. The number of nitrogens with zero attached hydrogens (tertiary/aromatic N) is 1. The Labute approximate surface area is 124 Å². The summed E-state index contributed by atoms with van der Waals surface area (Å²) >= 11 is 3.74. The van der Waals surface area contributed by atoms with Crippen LogP contribution in [0.3, 0.4) is 0 Å². The molecule has 0 unspecified atom stereocenters. The van der Waals surface area contributed by atoms with E-state index >= 15 is 0 Å². The first kappa shape index (κ1) is 14.6. The summed E-state index contributed by atoms with van der Waals surface area (Å²) in [6.45, 7) is 10.8. The maximum Gasteiger partial charge on any atom is 0.0523 e. The lowest BCUT2D eigenvalue weighted by atomic mass is 9.86. The molecule has 0 fully saturated rings. The summed E-state index contributed by atoms with van der Waals surface area (Å²) in [7, 11) is 2.08. The number of rotatable bonds is 1. The highest BCUT2D eigenvalue weighted by Crippen LogP contribution is 2.37. The highest BCUT2D eigenvalue weighted by Gasteiger charge is 2.25. The van der Waals surface area contributed by atoms with Crippen LogP contribution in [0.2, 0.25) is 0 Å². The quantitative estimate of drug-likeness (QED) is 0.827. The summed E-state index contributed by atoms with van der Waals surface area (Å²) in [6.07, 6.45) is 0. The standard InChI is InChI=1S/C16H23BrN2/c1-15(2,3)10-7-8-12-11(9-10)13(17)14(19(12)6)16(4,5)18/h7-9H,18H2,1-6H3. The van der Waals surface area contributed by atoms with E-state index in [9.17, 15) is 0 Å². The zero-order valence-electron chi connectivity index (χ0n) is 12.6. The molecular weight excluding hydrogens is 300 g/mol. The molecule has 1 aromatic heterocycles. The average molecular weight is 323 g/mol. The lowest BCUT2D eigenvalue weighted by Gasteiger charge is -2.20. The van der Waals surface area contributed by atoms with Crippen LogP contribution in [0, 0.1) is 0 Å². The molecule has 3 heteroatoms. The molecule has 0 radical (unpaired) electrons. The predicted octanol–water partition coefficient (Wildman–Crippen LogP) is 4.43. The second-order valence-electron chi connectivity index (χ2n) is 6.93. The van der Waals surface area contributed by atoms with Crippen LogP contribution in [0.1, 0.15) is 45.9 Å². The second kappa shape index (κ2) is 4.35. The lowest BCUT2D eigenvalue weighted by Crippen LogP contribution is -2.31. The molecule has 2 nitrogen and oxygen atoms in total. The highest BCUT2D eigenvalue weighted by atomic mass is 79.9. The number of halogens is 1. The van der Waals surface area contributed by atoms with Crippen LogP contribution in [0.4, 0.5) is 0 Å². The summed E-state index contributed by atoms with van der Waals surface area (Å²) < 4.78 is 3.30. The molecule has 104 valence electrons. The van der Waals surface area contributed by atoms with Gasteiger partial charge in [-0.3, -0.25) is 0 Å². The Kier molecular flexibility index (Phi) is 3.35. The Morgan fingerprint density at radius 2 is 1.68 bits per heavy atom. The van der Waals surface area contributed by atoms with E-state index in [4.69, 9.17) is 5.73 Å². The van der Waals surface area contributed by atoms with Crippen LogP contribution in [0.15, 0.2) is 22.7 Å². The molecule has 2 rings (SSSR count). The largest absolute Gasteiger partial charge is 0.345 e. The third-order valence-corrected chi connectivity index (χ3v) is 4.42. The molecule has 19 heavy (non-hydrogen) atoms. The van der Waals surface area contributed by atoms with Crippen molar-refractivity contribution in [2.45, 2.75) is 45.6 Å². The first-order valence-electron chi connectivity index (χ1n) is 6.61. The van der Waals surface area contributed by atoms with Gasteiger partial charge >= 0.3 is 0 Å². The van der Waals surface area contributed by atoms with E-state index in [1.165, 1.54) is 16.5 Å². The number of benzene rings is 1. The van der Waals surface area contributed by atoms with Crippen LogP contribution in [0.5, 0.6) is 0 Å². The van der Waals surface area contributed by atoms with Crippen molar-refractivity contribution in [1.29, 1.82) is 0 Å². The molecule has 0 spiro atoms. The van der Waals surface area contributed by atoms with E-state index in [-0.39, 0.29) is 11.0 Å². The molecular formula is C16H23BrN2. The zero-order chi connectivity index (χ0) is 14.6. The van der Waals surface area contributed by atoms with Crippen molar-refractivity contribution >= 4 is 26.8 Å². The van der Waals surface area contributed by atoms with E-state index < -0.39 is 0 Å². The van der Waals surface area contributed by atoms with Gasteiger partial charge in [0.2, 0.25) is 0 Å². The molecule has 0 aliphatic carbocycles. The van der Waals surface area contributed by atoms with Crippen LogP contribution in [0.25, 0.3) is 10.9 Å². The maximum absolute atomic E-state index is 6.30. The van der Waals surface area contributed by atoms with Crippen molar-refractivity contribution in [3.05, 3.63) is 33.9 Å². The van der Waals surface area contributed by atoms with E-state index in [1.54, 1.807) is 0 Å². The van der Waals surface area contributed by atoms with Crippen LogP contribution in [-0.2, 0) is 18.0 Å². The van der Waals surface area contributed by atoms with Gasteiger partial charge in [-0.1, -0.05) is 26.8 Å². The monoisotopic (exact) mass is 322 g/mol. The molecule has 0 aliphatic rings. The Balaban J connectivity index is 2.79. The zero-order valence-corrected chi connectivity index (χ0v) is 14.2. The minimum atomic E-state index is -0.367. The molecule has 2 aromatic rings. The van der Waals surface area contributed by atoms with Crippen LogP contribution >= 0.6 is 15.9 Å². The topological polar surface area (TPSA) is 30.9 Å². The minimum absolute atomic E-state index is 0.155. The number of hydrogen-bond donors (Lipinski definition) is 1. The van der Waals surface area contributed by atoms with Crippen molar-refractivity contribution in [2.24, 2.45) is 12.8 Å². The van der Waals surface area contributed by atoms with Crippen molar-refractivity contribution < 1.29 is 0 Å². The molecule has 0 aliphatic heterocycles. The van der Waals surface area contributed by atoms with Gasteiger partial charge in [-0.15, -0.1) is 0 Å². The van der Waals surface area contributed by atoms with E-state index in [2.05, 4.69) is 66.5 Å². The van der Waals surface area contributed by atoms with Crippen LogP contribution < -0.4 is 5.73 Å². The number of aromatic nitrogens is 1. The Bertz CT molecular complexity index is 625. The summed E-state index contributed by atoms with van der Waals surface area (Å²) in [5, 5.41) is 1.24. The molecule has 0 saturated carbocycles. The van der Waals surface area contributed by atoms with Crippen molar-refractivity contribution in [3.8, 4) is 0 Å². The van der Waals surface area contributed by atoms with Gasteiger partial charge in [-0.05, 0) is 52.9 Å². The fourth-order valence-corrected chi connectivity index (χ4v) is 3.68. The van der Waals surface area contributed by atoms with E-state index in [0.717, 1.165) is 10.2 Å². The van der Waals surface area contributed by atoms with Crippen LogP contribution in [-0.4, -0.2) is 4.57 Å². The third kappa shape index (κ3) is 2.46. The van der Waals surface area contributed by atoms with E-state index in [0.29, 0.717) is 0 Å². The smallest absolute Gasteiger partial charge is 0.0523 e. The predicted molar refractivity (Wildman–Crippen MR) is 86.5 cm³/mol. The molecule has 0 saturated heterocycles.